The van der Waals surface area contributed by atoms with E-state index in [1.807, 2.05) is 37.4 Å². The van der Waals surface area contributed by atoms with E-state index in [9.17, 15) is 0 Å². The molecule has 1 heterocycles. The molecule has 5 heteroatoms. The number of hydrogen-bond donors (Lipinski definition) is 1. The fourth-order valence-electron chi connectivity index (χ4n) is 1.34. The Morgan fingerprint density at radius 3 is 2.76 bits per heavy atom. The molecule has 0 saturated carbocycles. The Morgan fingerprint density at radius 1 is 1.41 bits per heavy atom. The highest BCUT2D eigenvalue weighted by molar-refractivity contribution is 6.30. The summed E-state index contributed by atoms with van der Waals surface area (Å²) >= 11 is 5.82. The van der Waals surface area contributed by atoms with Crippen LogP contribution < -0.4 is 10.5 Å². The maximum absolute atomic E-state index is 5.82. The third-order valence-corrected chi connectivity index (χ3v) is 2.41. The van der Waals surface area contributed by atoms with Gasteiger partial charge in [0, 0.05) is 11.1 Å². The molecule has 90 valence electrons. The Labute approximate surface area is 105 Å². The van der Waals surface area contributed by atoms with E-state index >= 15 is 0 Å². The van der Waals surface area contributed by atoms with Crippen LogP contribution in [0.1, 0.15) is 6.92 Å². The number of ether oxygens (including phenoxy) is 1. The molecular formula is C12H14ClN3O. The van der Waals surface area contributed by atoms with Crippen molar-refractivity contribution in [1.29, 1.82) is 0 Å². The summed E-state index contributed by atoms with van der Waals surface area (Å²) in [6, 6.07) is 7.44. The van der Waals surface area contributed by atoms with Crippen LogP contribution in [0.4, 0.5) is 0 Å². The van der Waals surface area contributed by atoms with Gasteiger partial charge in [0.05, 0.1) is 18.1 Å². The molecule has 17 heavy (non-hydrogen) atoms. The van der Waals surface area contributed by atoms with Gasteiger partial charge in [-0.3, -0.25) is 0 Å². The van der Waals surface area contributed by atoms with Crippen molar-refractivity contribution < 1.29 is 4.74 Å². The van der Waals surface area contributed by atoms with Gasteiger partial charge in [-0.15, -0.1) is 0 Å². The van der Waals surface area contributed by atoms with E-state index in [2.05, 4.69) is 5.10 Å². The molecule has 1 unspecified atom stereocenters. The second-order valence-corrected chi connectivity index (χ2v) is 4.32. The molecule has 2 rings (SSSR count). The van der Waals surface area contributed by atoms with E-state index in [-0.39, 0.29) is 6.04 Å². The first-order chi connectivity index (χ1) is 8.15. The first-order valence-corrected chi connectivity index (χ1v) is 5.72. The summed E-state index contributed by atoms with van der Waals surface area (Å²) in [4.78, 5) is 0. The van der Waals surface area contributed by atoms with Crippen LogP contribution in [-0.2, 0) is 0 Å². The lowest BCUT2D eigenvalue weighted by Crippen LogP contribution is -2.23. The predicted molar refractivity (Wildman–Crippen MR) is 67.7 cm³/mol. The molecule has 2 aromatic rings. The minimum absolute atomic E-state index is 0.00822. The molecule has 0 spiro atoms. The zero-order chi connectivity index (χ0) is 12.3. The number of hydrogen-bond acceptors (Lipinski definition) is 3. The number of nitrogens with zero attached hydrogens (tertiary/aromatic N) is 2. The van der Waals surface area contributed by atoms with E-state index in [4.69, 9.17) is 22.1 Å². The molecule has 4 nitrogen and oxygen atoms in total. The molecule has 0 aliphatic heterocycles. The lowest BCUT2D eigenvalue weighted by Gasteiger charge is -2.05. The highest BCUT2D eigenvalue weighted by atomic mass is 35.5. The number of halogens is 1. The predicted octanol–water partition coefficient (Wildman–Crippen LogP) is 2.25. The molecule has 0 radical (unpaired) electrons. The van der Waals surface area contributed by atoms with Crippen LogP contribution >= 0.6 is 11.6 Å². The van der Waals surface area contributed by atoms with E-state index in [1.165, 1.54) is 0 Å². The second kappa shape index (κ2) is 5.21. The van der Waals surface area contributed by atoms with Gasteiger partial charge >= 0.3 is 0 Å². The molecule has 0 bridgehead atoms. The van der Waals surface area contributed by atoms with Gasteiger partial charge in [-0.2, -0.15) is 5.10 Å². The largest absolute Gasteiger partial charge is 0.489 e. The normalized spacial score (nSPS) is 12.4. The molecule has 0 fully saturated rings. The van der Waals surface area contributed by atoms with E-state index in [1.54, 1.807) is 10.9 Å². The number of benzene rings is 1. The quantitative estimate of drug-likeness (QED) is 0.907. The first kappa shape index (κ1) is 12.0. The summed E-state index contributed by atoms with van der Waals surface area (Å²) in [7, 11) is 0. The van der Waals surface area contributed by atoms with E-state index in [0.717, 1.165) is 5.69 Å². The number of nitrogens with two attached hydrogens (primary N) is 1. The van der Waals surface area contributed by atoms with Crippen molar-refractivity contribution in [1.82, 2.24) is 9.78 Å². The number of aromatic nitrogens is 2. The van der Waals surface area contributed by atoms with Crippen LogP contribution in [0.3, 0.4) is 0 Å². The van der Waals surface area contributed by atoms with Crippen molar-refractivity contribution in [3.63, 3.8) is 0 Å². The van der Waals surface area contributed by atoms with Crippen LogP contribution in [0.25, 0.3) is 5.69 Å². The minimum atomic E-state index is 0.00822. The lowest BCUT2D eigenvalue weighted by molar-refractivity contribution is 0.296. The Bertz CT molecular complexity index is 479. The smallest absolute Gasteiger partial charge is 0.157 e. The SMILES string of the molecule is CC(N)COc1cnn(-c2ccc(Cl)cc2)c1. The zero-order valence-electron chi connectivity index (χ0n) is 9.51. The maximum Gasteiger partial charge on any atom is 0.157 e. The molecule has 0 amide bonds. The Morgan fingerprint density at radius 2 is 2.12 bits per heavy atom. The summed E-state index contributed by atoms with van der Waals surface area (Å²) in [6.45, 7) is 2.37. The van der Waals surface area contributed by atoms with Gasteiger partial charge in [-0.05, 0) is 31.2 Å². The van der Waals surface area contributed by atoms with Gasteiger partial charge in [0.2, 0.25) is 0 Å². The summed E-state index contributed by atoms with van der Waals surface area (Å²) in [6.07, 6.45) is 3.47. The van der Waals surface area contributed by atoms with Crippen molar-refractivity contribution in [3.05, 3.63) is 41.7 Å². The molecule has 1 atom stereocenters. The summed E-state index contributed by atoms with van der Waals surface area (Å²) in [5.74, 6) is 0.706. The minimum Gasteiger partial charge on any atom is -0.489 e. The molecule has 0 aliphatic carbocycles. The van der Waals surface area contributed by atoms with Gasteiger partial charge in [-0.25, -0.2) is 4.68 Å². The van der Waals surface area contributed by atoms with Gasteiger partial charge in [0.15, 0.2) is 5.75 Å². The number of rotatable bonds is 4. The van der Waals surface area contributed by atoms with Crippen LogP contribution in [0, 0.1) is 0 Å². The van der Waals surface area contributed by atoms with Gasteiger partial charge in [0.1, 0.15) is 6.61 Å². The van der Waals surface area contributed by atoms with E-state index < -0.39 is 0 Å². The molecule has 0 saturated heterocycles. The third-order valence-electron chi connectivity index (χ3n) is 2.16. The fraction of sp³-hybridized carbons (Fsp3) is 0.250. The molecule has 2 N–H and O–H groups in total. The van der Waals surface area contributed by atoms with E-state index in [0.29, 0.717) is 17.4 Å². The Hall–Kier alpha value is -1.52. The lowest BCUT2D eigenvalue weighted by atomic mass is 10.3. The van der Waals surface area contributed by atoms with Crippen molar-refractivity contribution >= 4 is 11.6 Å². The highest BCUT2D eigenvalue weighted by Crippen LogP contribution is 2.16. The van der Waals surface area contributed by atoms with Crippen molar-refractivity contribution in [2.24, 2.45) is 5.73 Å². The van der Waals surface area contributed by atoms with Gasteiger partial charge in [0.25, 0.3) is 0 Å². The summed E-state index contributed by atoms with van der Waals surface area (Å²) in [5, 5.41) is 4.90. The molecule has 0 aliphatic rings. The Kier molecular flexibility index (Phi) is 3.66. The summed E-state index contributed by atoms with van der Waals surface area (Å²) in [5.41, 5.74) is 6.54. The van der Waals surface area contributed by atoms with Gasteiger partial charge in [-0.1, -0.05) is 11.6 Å². The molecule has 1 aromatic carbocycles. The van der Waals surface area contributed by atoms with Crippen LogP contribution in [-0.4, -0.2) is 22.4 Å². The zero-order valence-corrected chi connectivity index (χ0v) is 10.3. The van der Waals surface area contributed by atoms with Crippen LogP contribution in [0.15, 0.2) is 36.7 Å². The topological polar surface area (TPSA) is 53.1 Å². The standard InChI is InChI=1S/C12H14ClN3O/c1-9(14)8-17-12-6-15-16(7-12)11-4-2-10(13)3-5-11/h2-7,9H,8,14H2,1H3. The summed E-state index contributed by atoms with van der Waals surface area (Å²) < 4.78 is 7.19. The molecular weight excluding hydrogens is 238 g/mol. The van der Waals surface area contributed by atoms with Crippen molar-refractivity contribution in [2.75, 3.05) is 6.61 Å². The highest BCUT2D eigenvalue weighted by Gasteiger charge is 2.02. The monoisotopic (exact) mass is 251 g/mol. The van der Waals surface area contributed by atoms with Crippen LogP contribution in [0.2, 0.25) is 5.02 Å². The van der Waals surface area contributed by atoms with Crippen LogP contribution in [0.5, 0.6) is 5.75 Å². The van der Waals surface area contributed by atoms with Crippen molar-refractivity contribution in [2.45, 2.75) is 13.0 Å². The third kappa shape index (κ3) is 3.22. The first-order valence-electron chi connectivity index (χ1n) is 5.34. The average Bonchev–Trinajstić information content (AvgIpc) is 2.76. The fourth-order valence-corrected chi connectivity index (χ4v) is 1.47. The second-order valence-electron chi connectivity index (χ2n) is 3.89. The average molecular weight is 252 g/mol. The van der Waals surface area contributed by atoms with Gasteiger partial charge < -0.3 is 10.5 Å². The van der Waals surface area contributed by atoms with Crippen molar-refractivity contribution in [3.8, 4) is 11.4 Å². The molecule has 1 aromatic heterocycles. The maximum atomic E-state index is 5.82. The Balaban J connectivity index is 2.10.